The maximum atomic E-state index is 12.7. The standard InChI is InChI=1S/C10H10F4N2O/c1-6-4-7(11)2-3-8(6)16-9(17)15-5-10(12,13)14/h2-4H,5H2,1H3,(H2,15,16,17). The quantitative estimate of drug-likeness (QED) is 0.778. The summed E-state index contributed by atoms with van der Waals surface area (Å²) in [6.45, 7) is 0.113. The molecule has 2 N–H and O–H groups in total. The van der Waals surface area contributed by atoms with Crippen LogP contribution >= 0.6 is 0 Å². The van der Waals surface area contributed by atoms with Gasteiger partial charge in [0.2, 0.25) is 0 Å². The van der Waals surface area contributed by atoms with Crippen LogP contribution in [-0.2, 0) is 0 Å². The first-order chi connectivity index (χ1) is 7.78. The van der Waals surface area contributed by atoms with E-state index in [0.717, 1.165) is 6.07 Å². The Morgan fingerprint density at radius 1 is 1.35 bits per heavy atom. The second kappa shape index (κ2) is 5.03. The van der Waals surface area contributed by atoms with Gasteiger partial charge >= 0.3 is 12.2 Å². The van der Waals surface area contributed by atoms with Gasteiger partial charge in [-0.05, 0) is 30.7 Å². The van der Waals surface area contributed by atoms with Gasteiger partial charge in [0.1, 0.15) is 12.4 Å². The summed E-state index contributed by atoms with van der Waals surface area (Å²) < 4.78 is 48.1. The van der Waals surface area contributed by atoms with Crippen molar-refractivity contribution in [2.24, 2.45) is 0 Å². The Bertz CT molecular complexity index is 417. The Labute approximate surface area is 94.8 Å². The number of halogens is 4. The highest BCUT2D eigenvalue weighted by molar-refractivity contribution is 5.90. The number of aryl methyl sites for hydroxylation is 1. The van der Waals surface area contributed by atoms with Gasteiger partial charge in [-0.1, -0.05) is 0 Å². The third-order valence-corrected chi connectivity index (χ3v) is 1.89. The van der Waals surface area contributed by atoms with Gasteiger partial charge in [-0.3, -0.25) is 0 Å². The molecule has 0 aliphatic carbocycles. The normalized spacial score (nSPS) is 11.1. The van der Waals surface area contributed by atoms with Crippen molar-refractivity contribution in [3.63, 3.8) is 0 Å². The summed E-state index contributed by atoms with van der Waals surface area (Å²) in [6, 6.07) is 2.56. The van der Waals surface area contributed by atoms with E-state index in [1.165, 1.54) is 19.1 Å². The van der Waals surface area contributed by atoms with Crippen LogP contribution in [0.5, 0.6) is 0 Å². The van der Waals surface area contributed by atoms with Crippen LogP contribution in [0, 0.1) is 12.7 Å². The van der Waals surface area contributed by atoms with Crippen LogP contribution in [0.15, 0.2) is 18.2 Å². The number of carbonyl (C=O) groups is 1. The van der Waals surface area contributed by atoms with Gasteiger partial charge in [-0.25, -0.2) is 9.18 Å². The molecule has 2 amide bonds. The molecular weight excluding hydrogens is 240 g/mol. The van der Waals surface area contributed by atoms with Crippen LogP contribution in [0.25, 0.3) is 0 Å². The van der Waals surface area contributed by atoms with Crippen molar-refractivity contribution < 1.29 is 22.4 Å². The Morgan fingerprint density at radius 3 is 2.53 bits per heavy atom. The fourth-order valence-electron chi connectivity index (χ4n) is 1.11. The first-order valence-electron chi connectivity index (χ1n) is 4.66. The van der Waals surface area contributed by atoms with E-state index >= 15 is 0 Å². The van der Waals surface area contributed by atoms with Gasteiger partial charge < -0.3 is 10.6 Å². The molecule has 0 saturated carbocycles. The van der Waals surface area contributed by atoms with Crippen molar-refractivity contribution in [2.45, 2.75) is 13.1 Å². The zero-order chi connectivity index (χ0) is 13.1. The molecule has 0 fully saturated rings. The third-order valence-electron chi connectivity index (χ3n) is 1.89. The number of hydrogen-bond donors (Lipinski definition) is 2. The second-order valence-corrected chi connectivity index (χ2v) is 3.38. The highest BCUT2D eigenvalue weighted by Crippen LogP contribution is 2.16. The maximum Gasteiger partial charge on any atom is 0.405 e. The van der Waals surface area contributed by atoms with E-state index < -0.39 is 24.6 Å². The molecule has 0 saturated heterocycles. The molecule has 0 spiro atoms. The lowest BCUT2D eigenvalue weighted by Crippen LogP contribution is -2.36. The average molecular weight is 250 g/mol. The van der Waals surface area contributed by atoms with Gasteiger partial charge in [-0.15, -0.1) is 0 Å². The smallest absolute Gasteiger partial charge is 0.329 e. The topological polar surface area (TPSA) is 41.1 Å². The molecule has 7 heteroatoms. The SMILES string of the molecule is Cc1cc(F)ccc1NC(=O)NCC(F)(F)F. The number of nitrogens with one attached hydrogen (secondary N) is 2. The minimum absolute atomic E-state index is 0.256. The molecule has 1 aromatic carbocycles. The van der Waals surface area contributed by atoms with Crippen molar-refractivity contribution in [2.75, 3.05) is 11.9 Å². The van der Waals surface area contributed by atoms with Crippen molar-refractivity contribution in [3.8, 4) is 0 Å². The number of benzene rings is 1. The molecule has 0 aliphatic rings. The second-order valence-electron chi connectivity index (χ2n) is 3.38. The van der Waals surface area contributed by atoms with Crippen LogP contribution in [-0.4, -0.2) is 18.8 Å². The Morgan fingerprint density at radius 2 is 2.00 bits per heavy atom. The number of anilines is 1. The minimum Gasteiger partial charge on any atom is -0.329 e. The summed E-state index contributed by atoms with van der Waals surface area (Å²) >= 11 is 0. The molecule has 0 bridgehead atoms. The highest BCUT2D eigenvalue weighted by Gasteiger charge is 2.27. The van der Waals surface area contributed by atoms with Crippen LogP contribution in [0.2, 0.25) is 0 Å². The predicted octanol–water partition coefficient (Wildman–Crippen LogP) is 2.82. The number of alkyl halides is 3. The maximum absolute atomic E-state index is 12.7. The molecule has 1 rings (SSSR count). The molecule has 0 aliphatic heterocycles. The van der Waals surface area contributed by atoms with Crippen molar-refractivity contribution in [1.29, 1.82) is 0 Å². The van der Waals surface area contributed by atoms with E-state index in [4.69, 9.17) is 0 Å². The number of rotatable bonds is 2. The van der Waals surface area contributed by atoms with Crippen LogP contribution < -0.4 is 10.6 Å². The first-order valence-corrected chi connectivity index (χ1v) is 4.66. The van der Waals surface area contributed by atoms with E-state index in [1.807, 2.05) is 0 Å². The summed E-state index contributed by atoms with van der Waals surface area (Å²) in [6.07, 6.45) is -4.46. The Kier molecular flexibility index (Phi) is 3.93. The summed E-state index contributed by atoms with van der Waals surface area (Å²) in [5, 5.41) is 3.84. The lowest BCUT2D eigenvalue weighted by molar-refractivity contribution is -0.122. The molecular formula is C10H10F4N2O. The molecule has 0 heterocycles. The molecule has 3 nitrogen and oxygen atoms in total. The van der Waals surface area contributed by atoms with E-state index in [-0.39, 0.29) is 5.69 Å². The van der Waals surface area contributed by atoms with Crippen LogP contribution in [0.3, 0.4) is 0 Å². The molecule has 0 atom stereocenters. The molecule has 0 unspecified atom stereocenters. The van der Waals surface area contributed by atoms with Gasteiger partial charge in [0.05, 0.1) is 0 Å². The number of urea groups is 1. The summed E-state index contributed by atoms with van der Waals surface area (Å²) in [5.41, 5.74) is 0.679. The number of carbonyl (C=O) groups excluding carboxylic acids is 1. The average Bonchev–Trinajstić information content (AvgIpc) is 2.18. The first kappa shape index (κ1) is 13.3. The van der Waals surface area contributed by atoms with E-state index in [0.29, 0.717) is 5.56 Å². The van der Waals surface area contributed by atoms with E-state index in [1.54, 1.807) is 5.32 Å². The largest absolute Gasteiger partial charge is 0.405 e. The zero-order valence-electron chi connectivity index (χ0n) is 8.86. The summed E-state index contributed by atoms with van der Waals surface area (Å²) in [4.78, 5) is 11.1. The van der Waals surface area contributed by atoms with E-state index in [9.17, 15) is 22.4 Å². The van der Waals surface area contributed by atoms with Crippen LogP contribution in [0.1, 0.15) is 5.56 Å². The molecule has 94 valence electrons. The zero-order valence-corrected chi connectivity index (χ0v) is 8.86. The third kappa shape index (κ3) is 4.71. The van der Waals surface area contributed by atoms with Crippen molar-refractivity contribution in [1.82, 2.24) is 5.32 Å². The summed E-state index contributed by atoms with van der Waals surface area (Å²) in [5.74, 6) is -0.483. The highest BCUT2D eigenvalue weighted by atomic mass is 19.4. The fourth-order valence-corrected chi connectivity index (χ4v) is 1.11. The summed E-state index contributed by atoms with van der Waals surface area (Å²) in [7, 11) is 0. The van der Waals surface area contributed by atoms with Gasteiger partial charge in [0, 0.05) is 5.69 Å². The fraction of sp³-hybridized carbons (Fsp3) is 0.300. The van der Waals surface area contributed by atoms with Gasteiger partial charge in [0.15, 0.2) is 0 Å². The predicted molar refractivity (Wildman–Crippen MR) is 54.2 cm³/mol. The number of hydrogen-bond acceptors (Lipinski definition) is 1. The molecule has 1 aromatic rings. The molecule has 0 aromatic heterocycles. The number of amides is 2. The monoisotopic (exact) mass is 250 g/mol. The van der Waals surface area contributed by atoms with Gasteiger partial charge in [-0.2, -0.15) is 13.2 Å². The lowest BCUT2D eigenvalue weighted by Gasteiger charge is -2.11. The Balaban J connectivity index is 2.57. The Hall–Kier alpha value is -1.79. The molecule has 17 heavy (non-hydrogen) atoms. The molecule has 0 radical (unpaired) electrons. The van der Waals surface area contributed by atoms with Gasteiger partial charge in [0.25, 0.3) is 0 Å². The van der Waals surface area contributed by atoms with Crippen LogP contribution in [0.4, 0.5) is 28.0 Å². The minimum atomic E-state index is -4.46. The lowest BCUT2D eigenvalue weighted by atomic mass is 10.2. The van der Waals surface area contributed by atoms with E-state index in [2.05, 4.69) is 5.32 Å². The van der Waals surface area contributed by atoms with Crippen molar-refractivity contribution >= 4 is 11.7 Å². The van der Waals surface area contributed by atoms with Crippen molar-refractivity contribution in [3.05, 3.63) is 29.6 Å².